The number of nitrogens with zero attached hydrogens (tertiary/aromatic N) is 2. The number of hydrogen-bond acceptors (Lipinski definition) is 3. The minimum Gasteiger partial charge on any atom is -0.459 e. The van der Waals surface area contributed by atoms with Gasteiger partial charge in [-0.15, -0.1) is 0 Å². The summed E-state index contributed by atoms with van der Waals surface area (Å²) in [5.41, 5.74) is 1.94. The Kier molecular flexibility index (Phi) is 5.92. The Morgan fingerprint density at radius 3 is 2.56 bits per heavy atom. The second-order valence-corrected chi connectivity index (χ2v) is 7.58. The number of carbonyl (C=O) groups is 1. The van der Waals surface area contributed by atoms with E-state index in [0.29, 0.717) is 39.7 Å². The van der Waals surface area contributed by atoms with Gasteiger partial charge in [0, 0.05) is 17.1 Å². The molecule has 142 valence electrons. The van der Waals surface area contributed by atoms with E-state index in [9.17, 15) is 4.79 Å². The van der Waals surface area contributed by atoms with E-state index in [1.807, 2.05) is 24.3 Å². The van der Waals surface area contributed by atoms with Gasteiger partial charge in [-0.2, -0.15) is 5.10 Å². The molecule has 3 aromatic rings. The summed E-state index contributed by atoms with van der Waals surface area (Å²) in [6, 6.07) is 11.1. The first-order valence-electron chi connectivity index (χ1n) is 8.71. The number of aromatic nitrogens is 2. The quantitative estimate of drug-likeness (QED) is 0.601. The highest BCUT2D eigenvalue weighted by Crippen LogP contribution is 2.24. The summed E-state index contributed by atoms with van der Waals surface area (Å²) in [5.74, 6) is 1.48. The Bertz CT molecular complexity index is 943. The largest absolute Gasteiger partial charge is 0.459 e. The second kappa shape index (κ2) is 8.19. The van der Waals surface area contributed by atoms with Crippen LogP contribution in [0.4, 0.5) is 0 Å². The third-order valence-electron chi connectivity index (χ3n) is 4.04. The zero-order valence-electron chi connectivity index (χ0n) is 15.4. The Morgan fingerprint density at radius 2 is 1.89 bits per heavy atom. The molecule has 5 nitrogen and oxygen atoms in total. The van der Waals surface area contributed by atoms with Crippen LogP contribution in [0.1, 0.15) is 35.7 Å². The van der Waals surface area contributed by atoms with Crippen molar-refractivity contribution >= 4 is 29.1 Å². The molecular formula is C20H21Cl2N3O2. The van der Waals surface area contributed by atoms with Crippen LogP contribution in [0.3, 0.4) is 0 Å². The normalized spacial score (nSPS) is 11.2. The van der Waals surface area contributed by atoms with Crippen molar-refractivity contribution in [2.45, 2.75) is 33.9 Å². The van der Waals surface area contributed by atoms with Crippen molar-refractivity contribution in [3.8, 4) is 11.3 Å². The van der Waals surface area contributed by atoms with E-state index < -0.39 is 0 Å². The molecule has 27 heavy (non-hydrogen) atoms. The lowest BCUT2D eigenvalue weighted by Gasteiger charge is -2.06. The van der Waals surface area contributed by atoms with Gasteiger partial charge in [0.15, 0.2) is 0 Å². The molecule has 0 aliphatic rings. The smallest absolute Gasteiger partial charge is 0.256 e. The molecule has 0 spiro atoms. The van der Waals surface area contributed by atoms with Gasteiger partial charge in [-0.3, -0.25) is 9.48 Å². The Labute approximate surface area is 168 Å². The lowest BCUT2D eigenvalue weighted by molar-refractivity contribution is 0.0947. The highest BCUT2D eigenvalue weighted by Gasteiger charge is 2.20. The maximum Gasteiger partial charge on any atom is 0.256 e. The number of furan rings is 1. The molecule has 0 unspecified atom stereocenters. The average molecular weight is 406 g/mol. The van der Waals surface area contributed by atoms with Crippen LogP contribution in [0.15, 0.2) is 40.8 Å². The molecule has 0 saturated heterocycles. The first-order chi connectivity index (χ1) is 12.8. The van der Waals surface area contributed by atoms with Gasteiger partial charge >= 0.3 is 0 Å². The third-order valence-corrected chi connectivity index (χ3v) is 4.68. The van der Waals surface area contributed by atoms with Crippen molar-refractivity contribution < 1.29 is 9.21 Å². The SMILES string of the molecule is Cc1nn(CC(C)C)c(Cl)c1C(=O)NCc1ccc(-c2ccc(Cl)cc2)o1. The molecule has 3 rings (SSSR count). The van der Waals surface area contributed by atoms with E-state index >= 15 is 0 Å². The van der Waals surface area contributed by atoms with Crippen LogP contribution in [0.25, 0.3) is 11.3 Å². The summed E-state index contributed by atoms with van der Waals surface area (Å²) in [4.78, 5) is 12.6. The minimum atomic E-state index is -0.267. The van der Waals surface area contributed by atoms with Crippen LogP contribution in [0.5, 0.6) is 0 Å². The number of halogens is 2. The Balaban J connectivity index is 1.68. The topological polar surface area (TPSA) is 60.1 Å². The van der Waals surface area contributed by atoms with Crippen LogP contribution in [-0.2, 0) is 13.1 Å². The molecule has 0 aliphatic heterocycles. The molecule has 0 bridgehead atoms. The van der Waals surface area contributed by atoms with Crippen molar-refractivity contribution in [2.24, 2.45) is 5.92 Å². The first kappa shape index (κ1) is 19.5. The molecule has 1 amide bonds. The summed E-state index contributed by atoms with van der Waals surface area (Å²) in [5, 5.41) is 8.24. The fourth-order valence-corrected chi connectivity index (χ4v) is 3.23. The molecule has 0 saturated carbocycles. The third kappa shape index (κ3) is 4.54. The summed E-state index contributed by atoms with van der Waals surface area (Å²) in [6.07, 6.45) is 0. The molecule has 2 aromatic heterocycles. The maximum absolute atomic E-state index is 12.6. The summed E-state index contributed by atoms with van der Waals surface area (Å²) >= 11 is 12.3. The van der Waals surface area contributed by atoms with Crippen LogP contribution in [0, 0.1) is 12.8 Å². The first-order valence-corrected chi connectivity index (χ1v) is 9.46. The number of rotatable bonds is 6. The number of amides is 1. The fraction of sp³-hybridized carbons (Fsp3) is 0.300. The number of nitrogens with one attached hydrogen (secondary N) is 1. The van der Waals surface area contributed by atoms with Gasteiger partial charge in [0.05, 0.1) is 17.8 Å². The zero-order valence-corrected chi connectivity index (χ0v) is 16.9. The van der Waals surface area contributed by atoms with Gasteiger partial charge in [-0.1, -0.05) is 37.0 Å². The van der Waals surface area contributed by atoms with E-state index in [1.165, 1.54) is 0 Å². The van der Waals surface area contributed by atoms with Crippen molar-refractivity contribution in [1.82, 2.24) is 15.1 Å². The lowest BCUT2D eigenvalue weighted by Crippen LogP contribution is -2.23. The van der Waals surface area contributed by atoms with E-state index in [-0.39, 0.29) is 12.5 Å². The molecule has 1 aromatic carbocycles. The van der Waals surface area contributed by atoms with Crippen LogP contribution in [-0.4, -0.2) is 15.7 Å². The van der Waals surface area contributed by atoms with Crippen molar-refractivity contribution in [3.63, 3.8) is 0 Å². The molecular weight excluding hydrogens is 385 g/mol. The Hall–Kier alpha value is -2.24. The monoisotopic (exact) mass is 405 g/mol. The number of aryl methyl sites for hydroxylation is 1. The van der Waals surface area contributed by atoms with Gasteiger partial charge < -0.3 is 9.73 Å². The second-order valence-electron chi connectivity index (χ2n) is 6.78. The summed E-state index contributed by atoms with van der Waals surface area (Å²) in [6.45, 7) is 6.85. The van der Waals surface area contributed by atoms with Crippen LogP contribution < -0.4 is 5.32 Å². The molecule has 7 heteroatoms. The van der Waals surface area contributed by atoms with Gasteiger partial charge in [-0.05, 0) is 49.2 Å². The predicted molar refractivity (Wildman–Crippen MR) is 107 cm³/mol. The summed E-state index contributed by atoms with van der Waals surface area (Å²) in [7, 11) is 0. The van der Waals surface area contributed by atoms with Gasteiger partial charge in [0.2, 0.25) is 0 Å². The van der Waals surface area contributed by atoms with Crippen LogP contribution >= 0.6 is 23.2 Å². The number of hydrogen-bond donors (Lipinski definition) is 1. The number of carbonyl (C=O) groups excluding carboxylic acids is 1. The molecule has 0 atom stereocenters. The fourth-order valence-electron chi connectivity index (χ4n) is 2.78. The molecule has 1 N–H and O–H groups in total. The average Bonchev–Trinajstić information content (AvgIpc) is 3.18. The molecule has 2 heterocycles. The Morgan fingerprint density at radius 1 is 1.19 bits per heavy atom. The van der Waals surface area contributed by atoms with E-state index in [2.05, 4.69) is 24.3 Å². The van der Waals surface area contributed by atoms with Crippen molar-refractivity contribution in [2.75, 3.05) is 0 Å². The lowest BCUT2D eigenvalue weighted by atomic mass is 10.2. The van der Waals surface area contributed by atoms with Crippen LogP contribution in [0.2, 0.25) is 10.2 Å². The van der Waals surface area contributed by atoms with Gasteiger partial charge in [-0.25, -0.2) is 0 Å². The summed E-state index contributed by atoms with van der Waals surface area (Å²) < 4.78 is 7.47. The minimum absolute atomic E-state index is 0.261. The highest BCUT2D eigenvalue weighted by atomic mass is 35.5. The van der Waals surface area contributed by atoms with Crippen molar-refractivity contribution in [3.05, 3.63) is 63.6 Å². The highest BCUT2D eigenvalue weighted by molar-refractivity contribution is 6.33. The maximum atomic E-state index is 12.6. The van der Waals surface area contributed by atoms with Crippen molar-refractivity contribution in [1.29, 1.82) is 0 Å². The van der Waals surface area contributed by atoms with E-state index in [0.717, 1.165) is 11.3 Å². The standard InChI is InChI=1S/C20H21Cl2N3O2/c1-12(2)11-25-19(22)18(13(3)24-25)20(26)23-10-16-8-9-17(27-16)14-4-6-15(21)7-5-14/h4-9,12H,10-11H2,1-3H3,(H,23,26). The molecule has 0 radical (unpaired) electrons. The number of benzene rings is 1. The van der Waals surface area contributed by atoms with Gasteiger partial charge in [0.25, 0.3) is 5.91 Å². The molecule has 0 fully saturated rings. The predicted octanol–water partition coefficient (Wildman–Crippen LogP) is 5.34. The zero-order chi connectivity index (χ0) is 19.6. The molecule has 0 aliphatic carbocycles. The van der Waals surface area contributed by atoms with Gasteiger partial charge in [0.1, 0.15) is 16.7 Å². The van der Waals surface area contributed by atoms with E-state index in [1.54, 1.807) is 23.7 Å². The van der Waals surface area contributed by atoms with E-state index in [4.69, 9.17) is 27.6 Å².